The maximum absolute atomic E-state index is 4.49. The molecule has 6 nitrogen and oxygen atoms in total. The van der Waals surface area contributed by atoms with E-state index in [2.05, 4.69) is 41.3 Å². The van der Waals surface area contributed by atoms with Crippen LogP contribution in [0.4, 0.5) is 0 Å². The Morgan fingerprint density at radius 3 is 2.83 bits per heavy atom. The van der Waals surface area contributed by atoms with Crippen molar-refractivity contribution in [2.24, 2.45) is 0 Å². The van der Waals surface area contributed by atoms with E-state index in [1.807, 2.05) is 21.6 Å². The van der Waals surface area contributed by atoms with Gasteiger partial charge in [0.15, 0.2) is 5.82 Å². The Hall–Kier alpha value is -1.69. The van der Waals surface area contributed by atoms with E-state index in [1.165, 1.54) is 0 Å². The van der Waals surface area contributed by atoms with Crippen LogP contribution in [0, 0.1) is 0 Å². The van der Waals surface area contributed by atoms with E-state index < -0.39 is 0 Å². The highest BCUT2D eigenvalue weighted by Crippen LogP contribution is 2.05. The average molecular weight is 248 g/mol. The molecule has 0 fully saturated rings. The molecule has 0 aliphatic rings. The highest BCUT2D eigenvalue weighted by Gasteiger charge is 2.05. The lowest BCUT2D eigenvalue weighted by Gasteiger charge is -2.03. The van der Waals surface area contributed by atoms with Gasteiger partial charge in [-0.1, -0.05) is 6.92 Å². The second kappa shape index (κ2) is 5.77. The number of hydrogen-bond acceptors (Lipinski definition) is 4. The number of nitrogens with zero attached hydrogens (tertiary/aromatic N) is 5. The average Bonchev–Trinajstić information content (AvgIpc) is 2.96. The molecule has 0 aromatic carbocycles. The van der Waals surface area contributed by atoms with Crippen LogP contribution in [0.1, 0.15) is 38.3 Å². The van der Waals surface area contributed by atoms with Crippen LogP contribution in [-0.2, 0) is 13.1 Å². The fourth-order valence-electron chi connectivity index (χ4n) is 1.64. The van der Waals surface area contributed by atoms with Gasteiger partial charge in [-0.05, 0) is 26.5 Å². The van der Waals surface area contributed by atoms with Crippen molar-refractivity contribution < 1.29 is 0 Å². The molecule has 0 radical (unpaired) electrons. The molecule has 2 aromatic heterocycles. The van der Waals surface area contributed by atoms with E-state index >= 15 is 0 Å². The molecule has 0 saturated carbocycles. The summed E-state index contributed by atoms with van der Waals surface area (Å²) in [5, 5.41) is 12.1. The van der Waals surface area contributed by atoms with E-state index in [9.17, 15) is 0 Å². The number of rotatable bonds is 6. The minimum Gasteiger partial charge on any atom is -0.310 e. The Labute approximate surface area is 107 Å². The fraction of sp³-hybridized carbons (Fsp3) is 0.583. The minimum atomic E-state index is 0.388. The molecule has 0 aliphatic heterocycles. The molecule has 0 atom stereocenters. The molecular formula is C12H20N6. The molecule has 6 heteroatoms. The first-order chi connectivity index (χ1) is 8.69. The molecule has 0 amide bonds. The quantitative estimate of drug-likeness (QED) is 0.835. The van der Waals surface area contributed by atoms with Gasteiger partial charge in [-0.2, -0.15) is 10.2 Å². The molecule has 0 aliphatic carbocycles. The second-order valence-corrected chi connectivity index (χ2v) is 4.52. The number of aromatic nitrogens is 5. The summed E-state index contributed by atoms with van der Waals surface area (Å²) in [6, 6.07) is 2.41. The Balaban J connectivity index is 1.97. The third kappa shape index (κ3) is 3.16. The zero-order valence-corrected chi connectivity index (χ0v) is 11.2. The van der Waals surface area contributed by atoms with Crippen molar-refractivity contribution in [2.75, 3.05) is 6.54 Å². The van der Waals surface area contributed by atoms with Gasteiger partial charge in [0.2, 0.25) is 0 Å². The van der Waals surface area contributed by atoms with Gasteiger partial charge in [0.1, 0.15) is 6.33 Å². The van der Waals surface area contributed by atoms with Gasteiger partial charge in [-0.3, -0.25) is 4.68 Å². The molecule has 0 saturated heterocycles. The third-order valence-electron chi connectivity index (χ3n) is 2.63. The Bertz CT molecular complexity index is 484. The fourth-order valence-corrected chi connectivity index (χ4v) is 1.64. The first-order valence-corrected chi connectivity index (χ1v) is 6.32. The molecule has 2 rings (SSSR count). The van der Waals surface area contributed by atoms with Crippen molar-refractivity contribution in [1.82, 2.24) is 29.9 Å². The van der Waals surface area contributed by atoms with Crippen molar-refractivity contribution >= 4 is 0 Å². The van der Waals surface area contributed by atoms with Gasteiger partial charge in [-0.25, -0.2) is 9.67 Å². The van der Waals surface area contributed by atoms with Gasteiger partial charge < -0.3 is 5.32 Å². The molecule has 18 heavy (non-hydrogen) atoms. The molecule has 98 valence electrons. The topological polar surface area (TPSA) is 60.6 Å². The molecule has 0 unspecified atom stereocenters. The predicted molar refractivity (Wildman–Crippen MR) is 69.1 cm³/mol. The maximum Gasteiger partial charge on any atom is 0.164 e. The highest BCUT2D eigenvalue weighted by molar-refractivity contribution is 5.00. The van der Waals surface area contributed by atoms with Crippen molar-refractivity contribution in [3.8, 4) is 0 Å². The number of nitrogens with one attached hydrogen (secondary N) is 1. The van der Waals surface area contributed by atoms with Gasteiger partial charge in [0.05, 0.1) is 18.8 Å². The van der Waals surface area contributed by atoms with Crippen molar-refractivity contribution in [3.05, 3.63) is 30.1 Å². The third-order valence-corrected chi connectivity index (χ3v) is 2.63. The van der Waals surface area contributed by atoms with Gasteiger partial charge in [0, 0.05) is 12.2 Å². The van der Waals surface area contributed by atoms with Crippen molar-refractivity contribution in [2.45, 2.75) is 39.9 Å². The molecule has 0 bridgehead atoms. The van der Waals surface area contributed by atoms with Crippen LogP contribution in [0.2, 0.25) is 0 Å². The van der Waals surface area contributed by atoms with E-state index in [-0.39, 0.29) is 0 Å². The predicted octanol–water partition coefficient (Wildman–Crippen LogP) is 1.21. The van der Waals surface area contributed by atoms with E-state index in [0.717, 1.165) is 18.1 Å². The second-order valence-electron chi connectivity index (χ2n) is 4.52. The summed E-state index contributed by atoms with van der Waals surface area (Å²) in [6.45, 7) is 8.59. The first kappa shape index (κ1) is 12.8. The van der Waals surface area contributed by atoms with Gasteiger partial charge >= 0.3 is 0 Å². The summed E-state index contributed by atoms with van der Waals surface area (Å²) in [6.07, 6.45) is 3.75. The van der Waals surface area contributed by atoms with E-state index in [1.54, 1.807) is 6.33 Å². The molecule has 2 aromatic rings. The highest BCUT2D eigenvalue weighted by atomic mass is 15.4. The summed E-state index contributed by atoms with van der Waals surface area (Å²) >= 11 is 0. The van der Waals surface area contributed by atoms with E-state index in [0.29, 0.717) is 19.1 Å². The van der Waals surface area contributed by atoms with Crippen LogP contribution in [0.3, 0.4) is 0 Å². The first-order valence-electron chi connectivity index (χ1n) is 6.32. The monoisotopic (exact) mass is 248 g/mol. The maximum atomic E-state index is 4.49. The molecule has 0 spiro atoms. The molecule has 2 heterocycles. The van der Waals surface area contributed by atoms with Crippen LogP contribution >= 0.6 is 0 Å². The molecular weight excluding hydrogens is 228 g/mol. The summed E-state index contributed by atoms with van der Waals surface area (Å²) < 4.78 is 3.77. The van der Waals surface area contributed by atoms with Crippen LogP contribution < -0.4 is 5.32 Å². The summed E-state index contributed by atoms with van der Waals surface area (Å²) in [4.78, 5) is 4.25. The van der Waals surface area contributed by atoms with E-state index in [4.69, 9.17) is 0 Å². The minimum absolute atomic E-state index is 0.388. The van der Waals surface area contributed by atoms with Crippen molar-refractivity contribution in [1.29, 1.82) is 0 Å². The lowest BCUT2D eigenvalue weighted by Crippen LogP contribution is -2.13. The normalized spacial score (nSPS) is 11.3. The largest absolute Gasteiger partial charge is 0.310 e. The molecule has 1 N–H and O–H groups in total. The van der Waals surface area contributed by atoms with Crippen LogP contribution in [0.15, 0.2) is 18.6 Å². The van der Waals surface area contributed by atoms with Crippen LogP contribution in [0.25, 0.3) is 0 Å². The van der Waals surface area contributed by atoms with Crippen LogP contribution in [-0.4, -0.2) is 31.1 Å². The van der Waals surface area contributed by atoms with Crippen LogP contribution in [0.5, 0.6) is 0 Å². The Morgan fingerprint density at radius 2 is 2.17 bits per heavy atom. The summed E-state index contributed by atoms with van der Waals surface area (Å²) in [5.41, 5.74) is 1.00. The zero-order valence-electron chi connectivity index (χ0n) is 11.2. The SMILES string of the molecule is CCNCc1ncn(Cc2ccn(C(C)C)n2)n1. The van der Waals surface area contributed by atoms with Gasteiger partial charge in [-0.15, -0.1) is 0 Å². The zero-order chi connectivity index (χ0) is 13.0. The lowest BCUT2D eigenvalue weighted by atomic mass is 10.4. The smallest absolute Gasteiger partial charge is 0.164 e. The summed E-state index contributed by atoms with van der Waals surface area (Å²) in [7, 11) is 0. The lowest BCUT2D eigenvalue weighted by molar-refractivity contribution is 0.520. The Kier molecular flexibility index (Phi) is 4.09. The van der Waals surface area contributed by atoms with Crippen molar-refractivity contribution in [3.63, 3.8) is 0 Å². The summed E-state index contributed by atoms with van der Waals surface area (Å²) in [5.74, 6) is 0.820. The van der Waals surface area contributed by atoms with Gasteiger partial charge in [0.25, 0.3) is 0 Å². The standard InChI is InChI=1S/C12H20N6/c1-4-13-7-12-14-9-17(16-12)8-11-5-6-18(15-11)10(2)3/h5-6,9-10,13H,4,7-8H2,1-3H3. The Morgan fingerprint density at radius 1 is 1.33 bits per heavy atom. The number of hydrogen-bond donors (Lipinski definition) is 1.